The van der Waals surface area contributed by atoms with Crippen LogP contribution in [-0.4, -0.2) is 23.7 Å². The molecule has 0 fully saturated rings. The van der Waals surface area contributed by atoms with Crippen molar-refractivity contribution in [1.29, 1.82) is 0 Å². The Hall–Kier alpha value is -1.35. The standard InChI is InChI=1S/C15H23NO2/c1-12-5-7-14(8-6-12)9-10-15(18)16-13(2)4-3-11-17/h5-8,13,17H,3-4,9-11H2,1-2H3,(H,16,18). The number of carbonyl (C=O) groups excluding carboxylic acids is 1. The summed E-state index contributed by atoms with van der Waals surface area (Å²) < 4.78 is 0. The Bertz CT molecular complexity index is 359. The van der Waals surface area contributed by atoms with E-state index >= 15 is 0 Å². The predicted molar refractivity (Wildman–Crippen MR) is 73.4 cm³/mol. The van der Waals surface area contributed by atoms with Crippen LogP contribution < -0.4 is 5.32 Å². The molecule has 0 aliphatic rings. The Morgan fingerprint density at radius 1 is 1.33 bits per heavy atom. The average molecular weight is 249 g/mol. The van der Waals surface area contributed by atoms with Crippen LogP contribution in [0.4, 0.5) is 0 Å². The molecular weight excluding hydrogens is 226 g/mol. The molecular formula is C15H23NO2. The molecule has 3 heteroatoms. The number of aryl methyl sites for hydroxylation is 2. The first-order chi connectivity index (χ1) is 8.61. The fourth-order valence-electron chi connectivity index (χ4n) is 1.83. The summed E-state index contributed by atoms with van der Waals surface area (Å²) in [5.74, 6) is 0.0843. The van der Waals surface area contributed by atoms with E-state index < -0.39 is 0 Å². The van der Waals surface area contributed by atoms with Crippen molar-refractivity contribution < 1.29 is 9.90 Å². The zero-order valence-electron chi connectivity index (χ0n) is 11.3. The van der Waals surface area contributed by atoms with Crippen molar-refractivity contribution in [2.75, 3.05) is 6.61 Å². The van der Waals surface area contributed by atoms with Gasteiger partial charge in [-0.3, -0.25) is 4.79 Å². The SMILES string of the molecule is Cc1ccc(CCC(=O)NC(C)CCCO)cc1. The molecule has 3 nitrogen and oxygen atoms in total. The normalized spacial score (nSPS) is 12.2. The van der Waals surface area contributed by atoms with Gasteiger partial charge in [-0.05, 0) is 38.7 Å². The number of hydrogen-bond acceptors (Lipinski definition) is 2. The van der Waals surface area contributed by atoms with Crippen molar-refractivity contribution in [3.63, 3.8) is 0 Å². The van der Waals surface area contributed by atoms with Gasteiger partial charge in [0, 0.05) is 19.1 Å². The topological polar surface area (TPSA) is 49.3 Å². The highest BCUT2D eigenvalue weighted by atomic mass is 16.2. The van der Waals surface area contributed by atoms with Crippen molar-refractivity contribution in [3.05, 3.63) is 35.4 Å². The Kier molecular flexibility index (Phi) is 6.44. The van der Waals surface area contributed by atoms with E-state index in [9.17, 15) is 4.79 Å². The monoisotopic (exact) mass is 249 g/mol. The lowest BCUT2D eigenvalue weighted by atomic mass is 10.1. The number of rotatable bonds is 7. The fraction of sp³-hybridized carbons (Fsp3) is 0.533. The van der Waals surface area contributed by atoms with E-state index in [0.29, 0.717) is 6.42 Å². The van der Waals surface area contributed by atoms with Gasteiger partial charge in [0.2, 0.25) is 5.91 Å². The summed E-state index contributed by atoms with van der Waals surface area (Å²) in [5.41, 5.74) is 2.43. The minimum atomic E-state index is 0.0843. The van der Waals surface area contributed by atoms with E-state index in [2.05, 4.69) is 36.5 Å². The molecule has 0 saturated heterocycles. The van der Waals surface area contributed by atoms with E-state index in [4.69, 9.17) is 5.11 Å². The Labute approximate surface area is 109 Å². The minimum Gasteiger partial charge on any atom is -0.396 e. The van der Waals surface area contributed by atoms with Crippen LogP contribution in [0.25, 0.3) is 0 Å². The van der Waals surface area contributed by atoms with Gasteiger partial charge in [0.05, 0.1) is 0 Å². The maximum Gasteiger partial charge on any atom is 0.220 e. The smallest absolute Gasteiger partial charge is 0.220 e. The summed E-state index contributed by atoms with van der Waals surface area (Å²) in [6.45, 7) is 4.21. The molecule has 0 bridgehead atoms. The first-order valence-corrected chi connectivity index (χ1v) is 6.57. The lowest BCUT2D eigenvalue weighted by Gasteiger charge is -2.13. The summed E-state index contributed by atoms with van der Waals surface area (Å²) in [6, 6.07) is 8.41. The van der Waals surface area contributed by atoms with Gasteiger partial charge >= 0.3 is 0 Å². The van der Waals surface area contributed by atoms with Crippen LogP contribution in [0, 0.1) is 6.92 Å². The van der Waals surface area contributed by atoms with E-state index in [1.807, 2.05) is 6.92 Å². The van der Waals surface area contributed by atoms with Gasteiger partial charge in [-0.1, -0.05) is 29.8 Å². The fourth-order valence-corrected chi connectivity index (χ4v) is 1.83. The summed E-state index contributed by atoms with van der Waals surface area (Å²) in [7, 11) is 0. The molecule has 0 spiro atoms. The molecule has 0 aromatic heterocycles. The number of amides is 1. The third kappa shape index (κ3) is 5.82. The van der Waals surface area contributed by atoms with Crippen LogP contribution in [0.15, 0.2) is 24.3 Å². The molecule has 1 rings (SSSR count). The molecule has 1 aromatic carbocycles. The number of nitrogens with one attached hydrogen (secondary N) is 1. The molecule has 0 aliphatic heterocycles. The van der Waals surface area contributed by atoms with Crippen molar-refractivity contribution in [2.24, 2.45) is 0 Å². The lowest BCUT2D eigenvalue weighted by Crippen LogP contribution is -2.32. The van der Waals surface area contributed by atoms with Crippen molar-refractivity contribution in [3.8, 4) is 0 Å². The van der Waals surface area contributed by atoms with Gasteiger partial charge < -0.3 is 10.4 Å². The molecule has 100 valence electrons. The summed E-state index contributed by atoms with van der Waals surface area (Å²) >= 11 is 0. The summed E-state index contributed by atoms with van der Waals surface area (Å²) in [4.78, 5) is 11.7. The first kappa shape index (κ1) is 14.7. The van der Waals surface area contributed by atoms with Gasteiger partial charge in [-0.2, -0.15) is 0 Å². The van der Waals surface area contributed by atoms with Gasteiger partial charge in [0.1, 0.15) is 0 Å². The average Bonchev–Trinajstić information content (AvgIpc) is 2.35. The Morgan fingerprint density at radius 2 is 2.00 bits per heavy atom. The largest absolute Gasteiger partial charge is 0.396 e. The molecule has 18 heavy (non-hydrogen) atoms. The summed E-state index contributed by atoms with van der Waals surface area (Å²) in [6.07, 6.45) is 2.86. The van der Waals surface area contributed by atoms with Crippen LogP contribution in [-0.2, 0) is 11.2 Å². The quantitative estimate of drug-likeness (QED) is 0.778. The Balaban J connectivity index is 2.26. The van der Waals surface area contributed by atoms with Gasteiger partial charge in [-0.15, -0.1) is 0 Å². The van der Waals surface area contributed by atoms with Gasteiger partial charge in [-0.25, -0.2) is 0 Å². The second kappa shape index (κ2) is 7.88. The second-order valence-corrected chi connectivity index (χ2v) is 4.82. The molecule has 0 aliphatic carbocycles. The Morgan fingerprint density at radius 3 is 2.61 bits per heavy atom. The van der Waals surface area contributed by atoms with Crippen molar-refractivity contribution in [1.82, 2.24) is 5.32 Å². The highest BCUT2D eigenvalue weighted by Gasteiger charge is 2.07. The number of benzene rings is 1. The maximum atomic E-state index is 11.7. The highest BCUT2D eigenvalue weighted by molar-refractivity contribution is 5.76. The van der Waals surface area contributed by atoms with E-state index in [-0.39, 0.29) is 18.6 Å². The number of aliphatic hydroxyl groups excluding tert-OH is 1. The zero-order valence-corrected chi connectivity index (χ0v) is 11.3. The lowest BCUT2D eigenvalue weighted by molar-refractivity contribution is -0.121. The summed E-state index contributed by atoms with van der Waals surface area (Å²) in [5, 5.41) is 11.7. The molecule has 0 radical (unpaired) electrons. The van der Waals surface area contributed by atoms with Crippen LogP contribution in [0.5, 0.6) is 0 Å². The molecule has 1 amide bonds. The van der Waals surface area contributed by atoms with E-state index in [1.54, 1.807) is 0 Å². The number of hydrogen-bond donors (Lipinski definition) is 2. The highest BCUT2D eigenvalue weighted by Crippen LogP contribution is 2.06. The van der Waals surface area contributed by atoms with Crippen molar-refractivity contribution >= 4 is 5.91 Å². The molecule has 1 aromatic rings. The van der Waals surface area contributed by atoms with Crippen LogP contribution >= 0.6 is 0 Å². The maximum absolute atomic E-state index is 11.7. The van der Waals surface area contributed by atoms with Crippen molar-refractivity contribution in [2.45, 2.75) is 45.6 Å². The van der Waals surface area contributed by atoms with Gasteiger partial charge in [0.15, 0.2) is 0 Å². The molecule has 2 N–H and O–H groups in total. The molecule has 1 atom stereocenters. The van der Waals surface area contributed by atoms with Crippen LogP contribution in [0.1, 0.15) is 37.3 Å². The van der Waals surface area contributed by atoms with E-state index in [1.165, 1.54) is 11.1 Å². The molecule has 0 saturated carbocycles. The van der Waals surface area contributed by atoms with Gasteiger partial charge in [0.25, 0.3) is 0 Å². The van der Waals surface area contributed by atoms with E-state index in [0.717, 1.165) is 19.3 Å². The zero-order chi connectivity index (χ0) is 13.4. The number of carbonyl (C=O) groups is 1. The number of aliphatic hydroxyl groups is 1. The predicted octanol–water partition coefficient (Wildman–Crippen LogP) is 2.20. The molecule has 1 unspecified atom stereocenters. The van der Waals surface area contributed by atoms with Crippen LogP contribution in [0.3, 0.4) is 0 Å². The second-order valence-electron chi connectivity index (χ2n) is 4.82. The molecule has 0 heterocycles. The van der Waals surface area contributed by atoms with Crippen LogP contribution in [0.2, 0.25) is 0 Å². The minimum absolute atomic E-state index is 0.0843. The third-order valence-corrected chi connectivity index (χ3v) is 2.96. The first-order valence-electron chi connectivity index (χ1n) is 6.57. The third-order valence-electron chi connectivity index (χ3n) is 2.96.